The molecule has 0 aliphatic heterocycles. The number of rotatable bonds is 3. The van der Waals surface area contributed by atoms with Crippen molar-refractivity contribution in [1.29, 1.82) is 0 Å². The van der Waals surface area contributed by atoms with Crippen molar-refractivity contribution in [3.8, 4) is 11.5 Å². The van der Waals surface area contributed by atoms with E-state index < -0.39 is 0 Å². The minimum atomic E-state index is 0.796. The summed E-state index contributed by atoms with van der Waals surface area (Å²) >= 11 is 0. The molecule has 0 saturated carbocycles. The van der Waals surface area contributed by atoms with Crippen LogP contribution in [0.25, 0.3) is 6.08 Å². The molecule has 0 aromatic heterocycles. The van der Waals surface area contributed by atoms with Gasteiger partial charge >= 0.3 is 0 Å². The van der Waals surface area contributed by atoms with Crippen LogP contribution in [0.3, 0.4) is 0 Å². The number of benzene rings is 1. The van der Waals surface area contributed by atoms with E-state index in [4.69, 9.17) is 9.47 Å². The monoisotopic (exact) mass is 230 g/mol. The number of hydrogen-bond donors (Lipinski definition) is 0. The Morgan fingerprint density at radius 1 is 1.06 bits per heavy atom. The van der Waals surface area contributed by atoms with Crippen LogP contribution < -0.4 is 9.47 Å². The van der Waals surface area contributed by atoms with Gasteiger partial charge in [-0.2, -0.15) is 0 Å². The first-order valence-electron chi connectivity index (χ1n) is 5.86. The van der Waals surface area contributed by atoms with E-state index in [0.29, 0.717) is 0 Å². The topological polar surface area (TPSA) is 18.5 Å². The lowest BCUT2D eigenvalue weighted by Crippen LogP contribution is -2.00. The summed E-state index contributed by atoms with van der Waals surface area (Å²) in [6.45, 7) is 2.05. The SMILES string of the molecule is C/C=C/C1=Cc2cc(OC)c(OC)cc2CC1. The molecule has 1 aromatic carbocycles. The summed E-state index contributed by atoms with van der Waals surface area (Å²) in [5, 5.41) is 0. The molecule has 0 fully saturated rings. The molecule has 0 bridgehead atoms. The lowest BCUT2D eigenvalue weighted by molar-refractivity contribution is 0.354. The fraction of sp³-hybridized carbons (Fsp3) is 0.333. The molecule has 0 atom stereocenters. The summed E-state index contributed by atoms with van der Waals surface area (Å²) in [4.78, 5) is 0. The minimum Gasteiger partial charge on any atom is -0.493 e. The molecule has 1 aliphatic rings. The van der Waals surface area contributed by atoms with Crippen LogP contribution in [-0.4, -0.2) is 14.2 Å². The number of aryl methyl sites for hydroxylation is 1. The second kappa shape index (κ2) is 5.09. The van der Waals surface area contributed by atoms with Crippen molar-refractivity contribution in [2.24, 2.45) is 0 Å². The predicted octanol–water partition coefficient (Wildman–Crippen LogP) is 3.61. The molecular weight excluding hydrogens is 212 g/mol. The van der Waals surface area contributed by atoms with Gasteiger partial charge in [0, 0.05) is 0 Å². The van der Waals surface area contributed by atoms with Crippen LogP contribution in [0, 0.1) is 0 Å². The van der Waals surface area contributed by atoms with Crippen LogP contribution in [0.4, 0.5) is 0 Å². The van der Waals surface area contributed by atoms with Crippen molar-refractivity contribution < 1.29 is 9.47 Å². The van der Waals surface area contributed by atoms with Gasteiger partial charge in [-0.3, -0.25) is 0 Å². The average Bonchev–Trinajstić information content (AvgIpc) is 2.37. The average molecular weight is 230 g/mol. The third-order valence-electron chi connectivity index (χ3n) is 3.05. The number of hydrogen-bond acceptors (Lipinski definition) is 2. The summed E-state index contributed by atoms with van der Waals surface area (Å²) in [5.74, 6) is 1.61. The fourth-order valence-corrected chi connectivity index (χ4v) is 2.18. The summed E-state index contributed by atoms with van der Waals surface area (Å²) in [6.07, 6.45) is 8.62. The molecule has 2 nitrogen and oxygen atoms in total. The highest BCUT2D eigenvalue weighted by atomic mass is 16.5. The third-order valence-corrected chi connectivity index (χ3v) is 3.05. The molecular formula is C15H18O2. The Morgan fingerprint density at radius 3 is 2.41 bits per heavy atom. The number of allylic oxidation sites excluding steroid dienone is 3. The Hall–Kier alpha value is -1.70. The van der Waals surface area contributed by atoms with Gasteiger partial charge in [0.1, 0.15) is 0 Å². The standard InChI is InChI=1S/C15H18O2/c1-4-5-11-6-7-12-9-14(16-2)15(17-3)10-13(12)8-11/h4-5,8-10H,6-7H2,1-3H3/b5-4+. The molecule has 1 aromatic rings. The van der Waals surface area contributed by atoms with Crippen LogP contribution in [0.1, 0.15) is 24.5 Å². The molecule has 2 heteroatoms. The maximum Gasteiger partial charge on any atom is 0.161 e. The molecule has 0 amide bonds. The first-order valence-corrected chi connectivity index (χ1v) is 5.86. The molecule has 0 heterocycles. The van der Waals surface area contributed by atoms with Gasteiger partial charge in [0.15, 0.2) is 11.5 Å². The zero-order chi connectivity index (χ0) is 12.3. The first-order chi connectivity index (χ1) is 8.28. The Bertz CT molecular complexity index is 470. The highest BCUT2D eigenvalue weighted by Crippen LogP contribution is 2.35. The fourth-order valence-electron chi connectivity index (χ4n) is 2.18. The molecule has 0 N–H and O–H groups in total. The van der Waals surface area contributed by atoms with Gasteiger partial charge in [0.05, 0.1) is 14.2 Å². The van der Waals surface area contributed by atoms with E-state index in [-0.39, 0.29) is 0 Å². The third kappa shape index (κ3) is 2.36. The molecule has 0 saturated heterocycles. The smallest absolute Gasteiger partial charge is 0.161 e. The lowest BCUT2D eigenvalue weighted by atomic mass is 9.91. The summed E-state index contributed by atoms with van der Waals surface area (Å²) in [7, 11) is 3.35. The van der Waals surface area contributed by atoms with Gasteiger partial charge in [-0.25, -0.2) is 0 Å². The Labute approximate surface area is 103 Å². The normalized spacial score (nSPS) is 14.4. The first kappa shape index (κ1) is 11.8. The van der Waals surface area contributed by atoms with E-state index in [2.05, 4.69) is 30.4 Å². The highest BCUT2D eigenvalue weighted by molar-refractivity contribution is 5.66. The van der Waals surface area contributed by atoms with E-state index in [1.165, 1.54) is 16.7 Å². The van der Waals surface area contributed by atoms with Crippen molar-refractivity contribution >= 4 is 6.08 Å². The van der Waals surface area contributed by atoms with Crippen LogP contribution in [-0.2, 0) is 6.42 Å². The largest absolute Gasteiger partial charge is 0.493 e. The Kier molecular flexibility index (Phi) is 3.52. The summed E-state index contributed by atoms with van der Waals surface area (Å²) in [6, 6.07) is 4.13. The van der Waals surface area contributed by atoms with Crippen molar-refractivity contribution in [2.45, 2.75) is 19.8 Å². The van der Waals surface area contributed by atoms with E-state index in [0.717, 1.165) is 24.3 Å². The van der Waals surface area contributed by atoms with Crippen LogP contribution in [0.2, 0.25) is 0 Å². The van der Waals surface area contributed by atoms with Crippen molar-refractivity contribution in [2.75, 3.05) is 14.2 Å². The Balaban J connectivity index is 2.45. The maximum absolute atomic E-state index is 5.33. The zero-order valence-corrected chi connectivity index (χ0v) is 10.6. The van der Waals surface area contributed by atoms with Crippen molar-refractivity contribution in [1.82, 2.24) is 0 Å². The van der Waals surface area contributed by atoms with E-state index in [1.807, 2.05) is 6.92 Å². The van der Waals surface area contributed by atoms with Gasteiger partial charge in [0.2, 0.25) is 0 Å². The molecule has 1 aliphatic carbocycles. The quantitative estimate of drug-likeness (QED) is 0.789. The molecule has 0 radical (unpaired) electrons. The van der Waals surface area contributed by atoms with Gasteiger partial charge in [-0.05, 0) is 48.6 Å². The predicted molar refractivity (Wildman–Crippen MR) is 70.7 cm³/mol. The molecule has 90 valence electrons. The van der Waals surface area contributed by atoms with Gasteiger partial charge in [-0.15, -0.1) is 0 Å². The summed E-state index contributed by atoms with van der Waals surface area (Å²) in [5.41, 5.74) is 3.94. The molecule has 0 unspecified atom stereocenters. The Morgan fingerprint density at radius 2 is 1.76 bits per heavy atom. The van der Waals surface area contributed by atoms with Crippen LogP contribution in [0.5, 0.6) is 11.5 Å². The summed E-state index contributed by atoms with van der Waals surface area (Å²) < 4.78 is 10.6. The molecule has 2 rings (SSSR count). The van der Waals surface area contributed by atoms with Crippen molar-refractivity contribution in [3.05, 3.63) is 41.0 Å². The second-order valence-corrected chi connectivity index (χ2v) is 4.13. The minimum absolute atomic E-state index is 0.796. The van der Waals surface area contributed by atoms with Gasteiger partial charge in [-0.1, -0.05) is 18.2 Å². The van der Waals surface area contributed by atoms with Crippen LogP contribution in [0.15, 0.2) is 29.9 Å². The second-order valence-electron chi connectivity index (χ2n) is 4.13. The van der Waals surface area contributed by atoms with Gasteiger partial charge < -0.3 is 9.47 Å². The maximum atomic E-state index is 5.33. The highest BCUT2D eigenvalue weighted by Gasteiger charge is 2.13. The van der Waals surface area contributed by atoms with E-state index in [9.17, 15) is 0 Å². The molecule has 0 spiro atoms. The number of ether oxygens (including phenoxy) is 2. The van der Waals surface area contributed by atoms with E-state index >= 15 is 0 Å². The zero-order valence-electron chi connectivity index (χ0n) is 10.6. The number of methoxy groups -OCH3 is 2. The van der Waals surface area contributed by atoms with Crippen LogP contribution >= 0.6 is 0 Å². The van der Waals surface area contributed by atoms with Gasteiger partial charge in [0.25, 0.3) is 0 Å². The number of fused-ring (bicyclic) bond motifs is 1. The lowest BCUT2D eigenvalue weighted by Gasteiger charge is -2.17. The van der Waals surface area contributed by atoms with E-state index in [1.54, 1.807) is 14.2 Å². The molecule has 17 heavy (non-hydrogen) atoms. The van der Waals surface area contributed by atoms with Crippen molar-refractivity contribution in [3.63, 3.8) is 0 Å².